The Labute approximate surface area is 160 Å². The van der Waals surface area contributed by atoms with Gasteiger partial charge in [0.25, 0.3) is 0 Å². The predicted octanol–water partition coefficient (Wildman–Crippen LogP) is 6.26. The molecule has 1 heterocycles. The van der Waals surface area contributed by atoms with Crippen LogP contribution >= 0.6 is 11.6 Å². The summed E-state index contributed by atoms with van der Waals surface area (Å²) in [5, 5.41) is 0.648. The average Bonchev–Trinajstić information content (AvgIpc) is 2.66. The van der Waals surface area contributed by atoms with E-state index in [4.69, 9.17) is 21.1 Å². The van der Waals surface area contributed by atoms with E-state index >= 15 is 0 Å². The largest absolute Gasteiger partial charge is 0.352 e. The molecule has 1 aliphatic rings. The molecule has 0 bridgehead atoms. The van der Waals surface area contributed by atoms with Crippen LogP contribution in [0.15, 0.2) is 42.5 Å². The molecule has 0 aromatic heterocycles. The Bertz CT molecular complexity index is 694. The van der Waals surface area contributed by atoms with Crippen molar-refractivity contribution >= 4 is 11.6 Å². The van der Waals surface area contributed by atoms with E-state index in [2.05, 4.69) is 6.92 Å². The number of hydrogen-bond acceptors (Lipinski definition) is 2. The molecule has 0 spiro atoms. The zero-order valence-electron chi connectivity index (χ0n) is 15.2. The molecule has 3 rings (SSSR count). The van der Waals surface area contributed by atoms with E-state index < -0.39 is 0 Å². The van der Waals surface area contributed by atoms with Crippen molar-refractivity contribution in [2.75, 3.05) is 13.2 Å². The molecular formula is C22H26ClFO2. The van der Waals surface area contributed by atoms with Gasteiger partial charge in [-0.1, -0.05) is 55.6 Å². The van der Waals surface area contributed by atoms with Crippen LogP contribution in [0.5, 0.6) is 0 Å². The standard InChI is InChI=1S/C22H26ClFO2/c1-2-3-4-17-14-25-22(26-15-17)12-6-16-5-11-20(21(24)13-16)18-7-9-19(23)10-8-18/h5,7-11,13,17,22H,2-4,6,12,14-15H2,1H3. The van der Waals surface area contributed by atoms with Crippen LogP contribution in [-0.2, 0) is 15.9 Å². The second-order valence-corrected chi connectivity index (χ2v) is 7.40. The fraction of sp³-hybridized carbons (Fsp3) is 0.455. The van der Waals surface area contributed by atoms with Gasteiger partial charge in [-0.3, -0.25) is 0 Å². The summed E-state index contributed by atoms with van der Waals surface area (Å²) in [6, 6.07) is 12.6. The number of rotatable bonds is 7. The van der Waals surface area contributed by atoms with Crippen LogP contribution in [0.25, 0.3) is 11.1 Å². The maximum atomic E-state index is 14.5. The maximum absolute atomic E-state index is 14.5. The lowest BCUT2D eigenvalue weighted by molar-refractivity contribution is -0.203. The second-order valence-electron chi connectivity index (χ2n) is 6.96. The van der Waals surface area contributed by atoms with Crippen LogP contribution in [0.2, 0.25) is 5.02 Å². The molecule has 1 saturated heterocycles. The van der Waals surface area contributed by atoms with Crippen molar-refractivity contribution in [3.63, 3.8) is 0 Å². The number of benzene rings is 2. The normalized spacial score (nSPS) is 20.3. The molecule has 1 aliphatic heterocycles. The molecule has 26 heavy (non-hydrogen) atoms. The molecule has 1 fully saturated rings. The Hall–Kier alpha value is -1.42. The van der Waals surface area contributed by atoms with Gasteiger partial charge in [-0.15, -0.1) is 0 Å². The van der Waals surface area contributed by atoms with Crippen LogP contribution in [0.4, 0.5) is 4.39 Å². The average molecular weight is 377 g/mol. The quantitative estimate of drug-likeness (QED) is 0.568. The summed E-state index contributed by atoms with van der Waals surface area (Å²) < 4.78 is 26.1. The van der Waals surface area contributed by atoms with Crippen molar-refractivity contribution in [3.8, 4) is 11.1 Å². The van der Waals surface area contributed by atoms with Gasteiger partial charge in [0.2, 0.25) is 0 Å². The number of hydrogen-bond donors (Lipinski definition) is 0. The highest BCUT2D eigenvalue weighted by molar-refractivity contribution is 6.30. The van der Waals surface area contributed by atoms with Crippen molar-refractivity contribution in [2.45, 2.75) is 45.3 Å². The molecule has 0 saturated carbocycles. The van der Waals surface area contributed by atoms with E-state index in [9.17, 15) is 4.39 Å². The van der Waals surface area contributed by atoms with Gasteiger partial charge in [0.15, 0.2) is 6.29 Å². The molecule has 0 aliphatic carbocycles. The Morgan fingerprint density at radius 3 is 2.42 bits per heavy atom. The molecular weight excluding hydrogens is 351 g/mol. The molecule has 0 atom stereocenters. The zero-order chi connectivity index (χ0) is 18.4. The summed E-state index contributed by atoms with van der Waals surface area (Å²) >= 11 is 5.90. The van der Waals surface area contributed by atoms with E-state index in [1.54, 1.807) is 18.2 Å². The molecule has 0 N–H and O–H groups in total. The van der Waals surface area contributed by atoms with E-state index in [1.165, 1.54) is 19.3 Å². The fourth-order valence-corrected chi connectivity index (χ4v) is 3.40. The summed E-state index contributed by atoms with van der Waals surface area (Å²) in [5.74, 6) is 0.303. The lowest BCUT2D eigenvalue weighted by Crippen LogP contribution is -2.32. The monoisotopic (exact) mass is 376 g/mol. The highest BCUT2D eigenvalue weighted by atomic mass is 35.5. The van der Waals surface area contributed by atoms with E-state index in [0.29, 0.717) is 16.5 Å². The second kappa shape index (κ2) is 9.50. The first-order valence-corrected chi connectivity index (χ1v) is 9.81. The Morgan fingerprint density at radius 1 is 1.04 bits per heavy atom. The minimum atomic E-state index is -0.213. The van der Waals surface area contributed by atoms with E-state index in [0.717, 1.165) is 37.2 Å². The first kappa shape index (κ1) is 19.3. The summed E-state index contributed by atoms with van der Waals surface area (Å²) in [4.78, 5) is 0. The third-order valence-electron chi connectivity index (χ3n) is 4.86. The smallest absolute Gasteiger partial charge is 0.157 e. The fourth-order valence-electron chi connectivity index (χ4n) is 3.27. The summed E-state index contributed by atoms with van der Waals surface area (Å²) in [6.45, 7) is 3.74. The lowest BCUT2D eigenvalue weighted by atomic mass is 10.0. The van der Waals surface area contributed by atoms with Gasteiger partial charge in [0, 0.05) is 22.9 Å². The van der Waals surface area contributed by atoms with Gasteiger partial charge in [-0.05, 0) is 42.2 Å². The minimum Gasteiger partial charge on any atom is -0.352 e. The Balaban J connectivity index is 1.52. The summed E-state index contributed by atoms with van der Waals surface area (Å²) in [7, 11) is 0. The van der Waals surface area contributed by atoms with Gasteiger partial charge in [-0.2, -0.15) is 0 Å². The number of unbranched alkanes of at least 4 members (excludes halogenated alkanes) is 1. The highest BCUT2D eigenvalue weighted by Crippen LogP contribution is 2.26. The van der Waals surface area contributed by atoms with Crippen molar-refractivity contribution in [3.05, 3.63) is 58.9 Å². The number of halogens is 2. The first-order chi connectivity index (χ1) is 12.7. The van der Waals surface area contributed by atoms with Crippen LogP contribution in [0, 0.1) is 11.7 Å². The molecule has 2 aromatic carbocycles. The third kappa shape index (κ3) is 5.29. The van der Waals surface area contributed by atoms with Gasteiger partial charge in [0.1, 0.15) is 5.82 Å². The van der Waals surface area contributed by atoms with Gasteiger partial charge in [-0.25, -0.2) is 4.39 Å². The highest BCUT2D eigenvalue weighted by Gasteiger charge is 2.21. The third-order valence-corrected chi connectivity index (χ3v) is 5.11. The van der Waals surface area contributed by atoms with Crippen LogP contribution in [0.1, 0.15) is 38.2 Å². The van der Waals surface area contributed by atoms with E-state index in [-0.39, 0.29) is 12.1 Å². The van der Waals surface area contributed by atoms with Crippen molar-refractivity contribution in [2.24, 2.45) is 5.92 Å². The molecule has 0 unspecified atom stereocenters. The van der Waals surface area contributed by atoms with Gasteiger partial charge in [0.05, 0.1) is 13.2 Å². The first-order valence-electron chi connectivity index (χ1n) is 9.43. The van der Waals surface area contributed by atoms with Crippen LogP contribution < -0.4 is 0 Å². The van der Waals surface area contributed by atoms with Crippen molar-refractivity contribution in [1.29, 1.82) is 0 Å². The minimum absolute atomic E-state index is 0.174. The zero-order valence-corrected chi connectivity index (χ0v) is 16.0. The predicted molar refractivity (Wildman–Crippen MR) is 104 cm³/mol. The number of ether oxygens (including phenoxy) is 2. The summed E-state index contributed by atoms with van der Waals surface area (Å²) in [5.41, 5.74) is 2.38. The molecule has 0 radical (unpaired) electrons. The van der Waals surface area contributed by atoms with Gasteiger partial charge >= 0.3 is 0 Å². The Kier molecular flexibility index (Phi) is 7.07. The molecule has 0 amide bonds. The lowest BCUT2D eigenvalue weighted by Gasteiger charge is -2.29. The van der Waals surface area contributed by atoms with Crippen LogP contribution in [0.3, 0.4) is 0 Å². The van der Waals surface area contributed by atoms with Gasteiger partial charge < -0.3 is 9.47 Å². The van der Waals surface area contributed by atoms with Crippen LogP contribution in [-0.4, -0.2) is 19.5 Å². The molecule has 2 aromatic rings. The molecule has 4 heteroatoms. The Morgan fingerprint density at radius 2 is 1.77 bits per heavy atom. The van der Waals surface area contributed by atoms with E-state index in [1.807, 2.05) is 24.3 Å². The maximum Gasteiger partial charge on any atom is 0.157 e. The van der Waals surface area contributed by atoms with Crippen molar-refractivity contribution < 1.29 is 13.9 Å². The number of aryl methyl sites for hydroxylation is 1. The SMILES string of the molecule is CCCCC1COC(CCc2ccc(-c3ccc(Cl)cc3)c(F)c2)OC1. The molecule has 2 nitrogen and oxygen atoms in total. The topological polar surface area (TPSA) is 18.5 Å². The van der Waals surface area contributed by atoms with Crippen molar-refractivity contribution in [1.82, 2.24) is 0 Å². The summed E-state index contributed by atoms with van der Waals surface area (Å²) in [6.07, 6.45) is 4.91. The molecule has 140 valence electrons.